The number of carbonyl (C=O) groups is 2. The molecule has 4 aromatic rings. The fourth-order valence-corrected chi connectivity index (χ4v) is 4.62. The molecule has 36 heavy (non-hydrogen) atoms. The molecule has 6 heteroatoms. The number of amides is 2. The van der Waals surface area contributed by atoms with Gasteiger partial charge in [0.15, 0.2) is 0 Å². The topological polar surface area (TPSA) is 86.9 Å². The fraction of sp³-hybridized carbons (Fsp3) is 0.233. The Labute approximate surface area is 211 Å². The van der Waals surface area contributed by atoms with Gasteiger partial charge in [-0.3, -0.25) is 9.59 Å². The molecule has 1 fully saturated rings. The van der Waals surface area contributed by atoms with Gasteiger partial charge in [0.2, 0.25) is 5.91 Å². The number of H-pyrrole nitrogens is 1. The van der Waals surface area contributed by atoms with E-state index in [9.17, 15) is 9.59 Å². The molecule has 0 saturated heterocycles. The predicted octanol–water partition coefficient (Wildman–Crippen LogP) is 6.76. The molecule has 2 amide bonds. The summed E-state index contributed by atoms with van der Waals surface area (Å²) in [6, 6.07) is 24.5. The van der Waals surface area contributed by atoms with E-state index in [0.717, 1.165) is 65.6 Å². The number of nitrogens with zero attached hydrogens (tertiary/aromatic N) is 1. The van der Waals surface area contributed by atoms with Gasteiger partial charge in [0.1, 0.15) is 5.82 Å². The van der Waals surface area contributed by atoms with Crippen molar-refractivity contribution < 1.29 is 9.59 Å². The van der Waals surface area contributed by atoms with E-state index in [1.165, 1.54) is 0 Å². The van der Waals surface area contributed by atoms with Gasteiger partial charge in [0, 0.05) is 28.4 Å². The highest BCUT2D eigenvalue weighted by atomic mass is 16.2. The van der Waals surface area contributed by atoms with Crippen molar-refractivity contribution in [2.75, 3.05) is 10.6 Å². The van der Waals surface area contributed by atoms with Crippen LogP contribution < -0.4 is 10.6 Å². The summed E-state index contributed by atoms with van der Waals surface area (Å²) in [7, 11) is 0. The molecule has 182 valence electrons. The summed E-state index contributed by atoms with van der Waals surface area (Å²) in [6.45, 7) is 2.26. The summed E-state index contributed by atoms with van der Waals surface area (Å²) < 4.78 is 0. The lowest BCUT2D eigenvalue weighted by Gasteiger charge is -2.25. The van der Waals surface area contributed by atoms with E-state index in [-0.39, 0.29) is 17.7 Å². The Balaban J connectivity index is 1.20. The number of nitrogens with one attached hydrogen (secondary N) is 3. The summed E-state index contributed by atoms with van der Waals surface area (Å²) in [4.78, 5) is 32.8. The number of carbonyl (C=O) groups excluding carboxylic acids is 2. The van der Waals surface area contributed by atoms with Crippen LogP contribution in [-0.4, -0.2) is 21.8 Å². The zero-order chi connectivity index (χ0) is 24.9. The number of hydrogen-bond donors (Lipinski definition) is 3. The van der Waals surface area contributed by atoms with Gasteiger partial charge < -0.3 is 15.6 Å². The Morgan fingerprint density at radius 3 is 2.06 bits per heavy atom. The molecule has 1 saturated carbocycles. The Kier molecular flexibility index (Phi) is 6.94. The highest BCUT2D eigenvalue weighted by Crippen LogP contribution is 2.30. The van der Waals surface area contributed by atoms with E-state index in [2.05, 4.69) is 27.5 Å². The molecule has 3 N–H and O–H groups in total. The van der Waals surface area contributed by atoms with Crippen molar-refractivity contribution in [2.24, 2.45) is 11.8 Å². The second kappa shape index (κ2) is 10.6. The molecule has 0 aliphatic heterocycles. The first-order valence-corrected chi connectivity index (χ1v) is 12.5. The summed E-state index contributed by atoms with van der Waals surface area (Å²) >= 11 is 0. The molecule has 0 unspecified atom stereocenters. The van der Waals surface area contributed by atoms with Crippen LogP contribution in [-0.2, 0) is 4.79 Å². The van der Waals surface area contributed by atoms with Crippen LogP contribution in [0.3, 0.4) is 0 Å². The third-order valence-corrected chi connectivity index (χ3v) is 6.88. The average Bonchev–Trinajstić information content (AvgIpc) is 3.41. The monoisotopic (exact) mass is 478 g/mol. The van der Waals surface area contributed by atoms with Gasteiger partial charge in [-0.1, -0.05) is 37.3 Å². The van der Waals surface area contributed by atoms with Crippen LogP contribution in [0.15, 0.2) is 85.1 Å². The molecule has 6 nitrogen and oxygen atoms in total. The van der Waals surface area contributed by atoms with Gasteiger partial charge in [0.25, 0.3) is 5.91 Å². The Hall–Kier alpha value is -4.19. The minimum Gasteiger partial charge on any atom is -0.338 e. The number of rotatable bonds is 6. The van der Waals surface area contributed by atoms with Gasteiger partial charge in [-0.05, 0) is 85.7 Å². The Morgan fingerprint density at radius 1 is 0.778 bits per heavy atom. The summed E-state index contributed by atoms with van der Waals surface area (Å²) in [5, 5.41) is 5.98. The van der Waals surface area contributed by atoms with Crippen LogP contribution in [0.5, 0.6) is 0 Å². The molecular weight excluding hydrogens is 448 g/mol. The van der Waals surface area contributed by atoms with Crippen LogP contribution in [0.1, 0.15) is 43.0 Å². The van der Waals surface area contributed by atoms with Crippen molar-refractivity contribution >= 4 is 23.2 Å². The largest absolute Gasteiger partial charge is 0.338 e. The van der Waals surface area contributed by atoms with Gasteiger partial charge in [-0.2, -0.15) is 0 Å². The van der Waals surface area contributed by atoms with E-state index in [1.54, 1.807) is 18.3 Å². The zero-order valence-electron chi connectivity index (χ0n) is 20.3. The smallest absolute Gasteiger partial charge is 0.255 e. The number of imidazole rings is 1. The number of aromatic amines is 1. The van der Waals surface area contributed by atoms with E-state index in [1.807, 2.05) is 66.7 Å². The predicted molar refractivity (Wildman–Crippen MR) is 144 cm³/mol. The molecular formula is C30H30N4O2. The first-order chi connectivity index (χ1) is 17.5. The van der Waals surface area contributed by atoms with E-state index < -0.39 is 0 Å². The van der Waals surface area contributed by atoms with Crippen LogP contribution in [0.25, 0.3) is 22.6 Å². The summed E-state index contributed by atoms with van der Waals surface area (Å²) in [5.74, 6) is 1.58. The van der Waals surface area contributed by atoms with Gasteiger partial charge in [-0.15, -0.1) is 0 Å². The van der Waals surface area contributed by atoms with Crippen LogP contribution in [0, 0.1) is 11.8 Å². The van der Waals surface area contributed by atoms with Gasteiger partial charge in [-0.25, -0.2) is 4.98 Å². The molecule has 0 bridgehead atoms. The third-order valence-electron chi connectivity index (χ3n) is 6.88. The van der Waals surface area contributed by atoms with Crippen LogP contribution >= 0.6 is 0 Å². The summed E-state index contributed by atoms with van der Waals surface area (Å²) in [5.41, 5.74) is 4.96. The molecule has 0 spiro atoms. The number of anilines is 2. The Bertz CT molecular complexity index is 1320. The number of benzene rings is 3. The van der Waals surface area contributed by atoms with Crippen LogP contribution in [0.2, 0.25) is 0 Å². The van der Waals surface area contributed by atoms with Crippen LogP contribution in [0.4, 0.5) is 11.4 Å². The maximum atomic E-state index is 12.6. The van der Waals surface area contributed by atoms with E-state index >= 15 is 0 Å². The molecule has 1 heterocycles. The minimum atomic E-state index is -0.142. The molecule has 1 aliphatic rings. The molecule has 5 rings (SSSR count). The molecule has 3 aromatic carbocycles. The molecule has 0 atom stereocenters. The second-order valence-corrected chi connectivity index (χ2v) is 9.57. The molecule has 0 radical (unpaired) electrons. The van der Waals surface area contributed by atoms with Crippen molar-refractivity contribution in [3.05, 3.63) is 90.6 Å². The maximum Gasteiger partial charge on any atom is 0.255 e. The van der Waals surface area contributed by atoms with Gasteiger partial charge >= 0.3 is 0 Å². The zero-order valence-corrected chi connectivity index (χ0v) is 20.3. The number of aromatic nitrogens is 2. The van der Waals surface area contributed by atoms with Crippen molar-refractivity contribution in [2.45, 2.75) is 32.6 Å². The maximum absolute atomic E-state index is 12.6. The first kappa shape index (κ1) is 23.5. The lowest BCUT2D eigenvalue weighted by atomic mass is 9.82. The summed E-state index contributed by atoms with van der Waals surface area (Å²) in [6.07, 6.45) is 6.01. The first-order valence-electron chi connectivity index (χ1n) is 12.5. The molecule has 1 aromatic heterocycles. The highest BCUT2D eigenvalue weighted by molar-refractivity contribution is 6.04. The van der Waals surface area contributed by atoms with Crippen molar-refractivity contribution in [1.82, 2.24) is 9.97 Å². The highest BCUT2D eigenvalue weighted by Gasteiger charge is 2.24. The minimum absolute atomic E-state index is 0.120. The standard InChI is InChI=1S/C30H30N4O2/c1-20-7-9-24(10-8-20)30(36)33-25-15-11-21(12-16-25)27-19-31-28(34-27)22-13-17-26(18-14-22)32-29(35)23-5-3-2-4-6-23/h2-6,11-20,24H,7-10H2,1H3,(H,31,34)(H,32,35)(H,33,36). The van der Waals surface area contributed by atoms with Crippen molar-refractivity contribution in [1.29, 1.82) is 0 Å². The van der Waals surface area contributed by atoms with Gasteiger partial charge in [0.05, 0.1) is 11.9 Å². The third kappa shape index (κ3) is 5.54. The quantitative estimate of drug-likeness (QED) is 0.286. The van der Waals surface area contributed by atoms with Crippen molar-refractivity contribution in [3.8, 4) is 22.6 Å². The lowest BCUT2D eigenvalue weighted by Crippen LogP contribution is -2.26. The SMILES string of the molecule is CC1CCC(C(=O)Nc2ccc(-c3cnc(-c4ccc(NC(=O)c5ccccc5)cc4)[nH]3)cc2)CC1. The average molecular weight is 479 g/mol. The fourth-order valence-electron chi connectivity index (χ4n) is 4.62. The lowest BCUT2D eigenvalue weighted by molar-refractivity contribution is -0.121. The second-order valence-electron chi connectivity index (χ2n) is 9.57. The Morgan fingerprint density at radius 2 is 1.39 bits per heavy atom. The van der Waals surface area contributed by atoms with Crippen molar-refractivity contribution in [3.63, 3.8) is 0 Å². The van der Waals surface area contributed by atoms with E-state index in [4.69, 9.17) is 0 Å². The molecule has 1 aliphatic carbocycles. The van der Waals surface area contributed by atoms with E-state index in [0.29, 0.717) is 5.56 Å². The normalized spacial score (nSPS) is 17.4. The number of hydrogen-bond acceptors (Lipinski definition) is 3.